The topological polar surface area (TPSA) is 98.1 Å². The molecule has 0 radical (unpaired) electrons. The summed E-state index contributed by atoms with van der Waals surface area (Å²) < 4.78 is 7.12. The Labute approximate surface area is 156 Å². The van der Waals surface area contributed by atoms with Crippen molar-refractivity contribution in [3.63, 3.8) is 0 Å². The molecule has 0 saturated carbocycles. The maximum absolute atomic E-state index is 12.5. The Morgan fingerprint density at radius 2 is 2.04 bits per heavy atom. The van der Waals surface area contributed by atoms with E-state index in [1.165, 1.54) is 12.7 Å². The van der Waals surface area contributed by atoms with Crippen molar-refractivity contribution in [3.05, 3.63) is 49.3 Å². The van der Waals surface area contributed by atoms with Crippen LogP contribution in [0.2, 0.25) is 0 Å². The highest BCUT2D eigenvalue weighted by Crippen LogP contribution is 2.27. The summed E-state index contributed by atoms with van der Waals surface area (Å²) in [6.45, 7) is 3.65. The molecule has 0 unspecified atom stereocenters. The number of nitrogens with one attached hydrogen (secondary N) is 1. The highest BCUT2D eigenvalue weighted by Gasteiger charge is 2.34. The second-order valence-corrected chi connectivity index (χ2v) is 6.09. The van der Waals surface area contributed by atoms with Gasteiger partial charge in [-0.15, -0.1) is 0 Å². The van der Waals surface area contributed by atoms with Gasteiger partial charge in [0.1, 0.15) is 30.5 Å². The minimum Gasteiger partial charge on any atom is -0.492 e. The SMILES string of the molecule is CCOc1ccccc1NC(=O)C1CN(c2cc(-n3cncn3)ncn2)C1. The average molecular weight is 365 g/mol. The Bertz CT molecular complexity index is 923. The summed E-state index contributed by atoms with van der Waals surface area (Å²) in [5.74, 6) is 1.94. The van der Waals surface area contributed by atoms with E-state index in [0.29, 0.717) is 37.0 Å². The van der Waals surface area contributed by atoms with Crippen molar-refractivity contribution >= 4 is 17.4 Å². The molecule has 1 fully saturated rings. The van der Waals surface area contributed by atoms with Gasteiger partial charge >= 0.3 is 0 Å². The Hall–Kier alpha value is -3.49. The van der Waals surface area contributed by atoms with E-state index in [0.717, 1.165) is 5.82 Å². The molecule has 0 aliphatic carbocycles. The molecule has 3 aromatic rings. The largest absolute Gasteiger partial charge is 0.492 e. The van der Waals surface area contributed by atoms with Crippen molar-refractivity contribution in [2.45, 2.75) is 6.92 Å². The lowest BCUT2D eigenvalue weighted by Gasteiger charge is -2.39. The summed E-state index contributed by atoms with van der Waals surface area (Å²) in [6, 6.07) is 9.27. The third kappa shape index (κ3) is 3.57. The maximum atomic E-state index is 12.5. The molecule has 4 rings (SSSR count). The average Bonchev–Trinajstić information content (AvgIpc) is 3.17. The van der Waals surface area contributed by atoms with E-state index in [-0.39, 0.29) is 11.8 Å². The third-order valence-corrected chi connectivity index (χ3v) is 4.31. The number of carbonyl (C=O) groups excluding carboxylic acids is 1. The minimum absolute atomic E-state index is 0.0241. The van der Waals surface area contributed by atoms with Crippen LogP contribution in [0, 0.1) is 5.92 Å². The molecule has 0 atom stereocenters. The van der Waals surface area contributed by atoms with Gasteiger partial charge in [-0.2, -0.15) is 5.10 Å². The van der Waals surface area contributed by atoms with Crippen LogP contribution in [0.1, 0.15) is 6.92 Å². The fraction of sp³-hybridized carbons (Fsp3) is 0.278. The first-order valence-electron chi connectivity index (χ1n) is 8.69. The number of nitrogens with zero attached hydrogens (tertiary/aromatic N) is 6. The van der Waals surface area contributed by atoms with Gasteiger partial charge < -0.3 is 15.0 Å². The highest BCUT2D eigenvalue weighted by molar-refractivity contribution is 5.95. The Kier molecular flexibility index (Phi) is 4.65. The zero-order valence-electron chi connectivity index (χ0n) is 14.8. The number of carbonyl (C=O) groups is 1. The van der Waals surface area contributed by atoms with Gasteiger partial charge in [-0.05, 0) is 19.1 Å². The van der Waals surface area contributed by atoms with Crippen LogP contribution in [-0.2, 0) is 4.79 Å². The predicted octanol–water partition coefficient (Wildman–Crippen LogP) is 1.53. The number of hydrogen-bond donors (Lipinski definition) is 1. The zero-order chi connectivity index (χ0) is 18.6. The molecule has 2 aromatic heterocycles. The molecular formula is C18H19N7O2. The van der Waals surface area contributed by atoms with Crippen molar-refractivity contribution in [2.75, 3.05) is 29.9 Å². The van der Waals surface area contributed by atoms with Gasteiger partial charge in [-0.1, -0.05) is 12.1 Å². The Morgan fingerprint density at radius 1 is 1.22 bits per heavy atom. The molecule has 0 spiro atoms. The summed E-state index contributed by atoms with van der Waals surface area (Å²) in [5.41, 5.74) is 0.693. The van der Waals surface area contributed by atoms with Crippen molar-refractivity contribution in [3.8, 4) is 11.6 Å². The fourth-order valence-corrected chi connectivity index (χ4v) is 2.88. The van der Waals surface area contributed by atoms with Crippen LogP contribution in [0.15, 0.2) is 49.3 Å². The normalized spacial score (nSPS) is 13.9. The van der Waals surface area contributed by atoms with E-state index < -0.39 is 0 Å². The van der Waals surface area contributed by atoms with Gasteiger partial charge in [0.2, 0.25) is 5.91 Å². The molecule has 1 saturated heterocycles. The van der Waals surface area contributed by atoms with E-state index in [2.05, 4.69) is 25.4 Å². The summed E-state index contributed by atoms with van der Waals surface area (Å²) in [5, 5.41) is 7.02. The molecule has 138 valence electrons. The van der Waals surface area contributed by atoms with Crippen LogP contribution >= 0.6 is 0 Å². The first kappa shape index (κ1) is 17.0. The van der Waals surface area contributed by atoms with Crippen molar-refractivity contribution < 1.29 is 9.53 Å². The fourth-order valence-electron chi connectivity index (χ4n) is 2.88. The van der Waals surface area contributed by atoms with E-state index in [1.54, 1.807) is 11.0 Å². The Balaban J connectivity index is 1.38. The van der Waals surface area contributed by atoms with Gasteiger partial charge in [0.15, 0.2) is 5.82 Å². The number of aromatic nitrogens is 5. The summed E-state index contributed by atoms with van der Waals surface area (Å²) in [4.78, 5) is 27.0. The monoisotopic (exact) mass is 365 g/mol. The van der Waals surface area contributed by atoms with Crippen molar-refractivity contribution in [2.24, 2.45) is 5.92 Å². The molecule has 1 aromatic carbocycles. The van der Waals surface area contributed by atoms with Gasteiger partial charge in [0.05, 0.1) is 18.2 Å². The van der Waals surface area contributed by atoms with Gasteiger partial charge in [-0.25, -0.2) is 19.6 Å². The van der Waals surface area contributed by atoms with Crippen LogP contribution in [0.25, 0.3) is 5.82 Å². The van der Waals surface area contributed by atoms with E-state index in [9.17, 15) is 4.79 Å². The predicted molar refractivity (Wildman–Crippen MR) is 98.9 cm³/mol. The lowest BCUT2D eigenvalue weighted by Crippen LogP contribution is -2.52. The molecule has 0 bridgehead atoms. The summed E-state index contributed by atoms with van der Waals surface area (Å²) in [7, 11) is 0. The molecule has 1 amide bonds. The molecule has 1 N–H and O–H groups in total. The first-order chi connectivity index (χ1) is 13.2. The first-order valence-corrected chi connectivity index (χ1v) is 8.69. The van der Waals surface area contributed by atoms with Crippen LogP contribution in [-0.4, -0.2) is 50.3 Å². The third-order valence-electron chi connectivity index (χ3n) is 4.31. The standard InChI is InChI=1S/C18H19N7O2/c1-2-27-15-6-4-3-5-14(15)23-18(26)13-8-24(9-13)16-7-17(21-11-20-16)25-12-19-10-22-25/h3-7,10-13H,2,8-9H2,1H3,(H,23,26). The quantitative estimate of drug-likeness (QED) is 0.707. The van der Waals surface area contributed by atoms with Crippen LogP contribution in [0.5, 0.6) is 5.75 Å². The molecular weight excluding hydrogens is 346 g/mol. The lowest BCUT2D eigenvalue weighted by atomic mass is 9.99. The summed E-state index contributed by atoms with van der Waals surface area (Å²) in [6.07, 6.45) is 4.51. The number of hydrogen-bond acceptors (Lipinski definition) is 7. The zero-order valence-corrected chi connectivity index (χ0v) is 14.8. The Morgan fingerprint density at radius 3 is 2.81 bits per heavy atom. The second-order valence-electron chi connectivity index (χ2n) is 6.09. The van der Waals surface area contributed by atoms with Crippen LogP contribution in [0.4, 0.5) is 11.5 Å². The minimum atomic E-state index is -0.107. The van der Waals surface area contributed by atoms with E-state index in [4.69, 9.17) is 4.74 Å². The lowest BCUT2D eigenvalue weighted by molar-refractivity contribution is -0.120. The molecule has 9 heteroatoms. The number of rotatable bonds is 6. The number of ether oxygens (including phenoxy) is 1. The molecule has 1 aliphatic heterocycles. The number of amides is 1. The van der Waals surface area contributed by atoms with Gasteiger partial charge in [0, 0.05) is 19.2 Å². The molecule has 3 heterocycles. The number of para-hydroxylation sites is 2. The van der Waals surface area contributed by atoms with Gasteiger partial charge in [0.25, 0.3) is 0 Å². The van der Waals surface area contributed by atoms with E-state index in [1.807, 2.05) is 42.2 Å². The molecule has 1 aliphatic rings. The van der Waals surface area contributed by atoms with Crippen molar-refractivity contribution in [1.29, 1.82) is 0 Å². The van der Waals surface area contributed by atoms with Crippen molar-refractivity contribution in [1.82, 2.24) is 24.7 Å². The second kappa shape index (κ2) is 7.40. The summed E-state index contributed by atoms with van der Waals surface area (Å²) >= 11 is 0. The molecule has 9 nitrogen and oxygen atoms in total. The molecule has 27 heavy (non-hydrogen) atoms. The number of anilines is 2. The smallest absolute Gasteiger partial charge is 0.231 e. The number of benzene rings is 1. The van der Waals surface area contributed by atoms with Crippen LogP contribution in [0.3, 0.4) is 0 Å². The van der Waals surface area contributed by atoms with Crippen LogP contribution < -0.4 is 15.0 Å². The van der Waals surface area contributed by atoms with Gasteiger partial charge in [-0.3, -0.25) is 4.79 Å². The van der Waals surface area contributed by atoms with E-state index >= 15 is 0 Å². The highest BCUT2D eigenvalue weighted by atomic mass is 16.5. The maximum Gasteiger partial charge on any atom is 0.231 e.